The van der Waals surface area contributed by atoms with Gasteiger partial charge in [-0.15, -0.1) is 0 Å². The van der Waals surface area contributed by atoms with Gasteiger partial charge in [-0.3, -0.25) is 9.47 Å². The van der Waals surface area contributed by atoms with E-state index in [1.807, 2.05) is 34.9 Å². The van der Waals surface area contributed by atoms with E-state index in [2.05, 4.69) is 51.2 Å². The number of aromatic nitrogens is 3. The second kappa shape index (κ2) is 9.83. The van der Waals surface area contributed by atoms with Crippen LogP contribution in [0.4, 0.5) is 5.69 Å². The molecule has 3 aromatic rings. The molecule has 0 radical (unpaired) electrons. The van der Waals surface area contributed by atoms with Crippen molar-refractivity contribution in [3.05, 3.63) is 76.5 Å². The Morgan fingerprint density at radius 2 is 1.74 bits per heavy atom. The molecular formula is C24H31N5O2. The Labute approximate surface area is 183 Å². The molecule has 31 heavy (non-hydrogen) atoms. The Kier molecular flexibility index (Phi) is 6.72. The molecule has 0 bridgehead atoms. The normalized spacial score (nSPS) is 15.7. The quantitative estimate of drug-likeness (QED) is 0.606. The van der Waals surface area contributed by atoms with Crippen LogP contribution in [0.25, 0.3) is 0 Å². The molecule has 7 heteroatoms. The molecule has 0 spiro atoms. The molecule has 2 heterocycles. The van der Waals surface area contributed by atoms with Crippen LogP contribution in [0.2, 0.25) is 0 Å². The molecule has 1 aliphatic heterocycles. The van der Waals surface area contributed by atoms with Crippen molar-refractivity contribution in [3.8, 4) is 5.75 Å². The molecule has 7 nitrogen and oxygen atoms in total. The fourth-order valence-corrected chi connectivity index (χ4v) is 4.44. The van der Waals surface area contributed by atoms with Crippen molar-refractivity contribution in [1.29, 1.82) is 0 Å². The van der Waals surface area contributed by atoms with E-state index in [1.54, 1.807) is 7.11 Å². The van der Waals surface area contributed by atoms with Crippen molar-refractivity contribution in [2.75, 3.05) is 44.7 Å². The van der Waals surface area contributed by atoms with Gasteiger partial charge in [-0.1, -0.05) is 49.4 Å². The van der Waals surface area contributed by atoms with Gasteiger partial charge in [0.05, 0.1) is 18.8 Å². The Morgan fingerprint density at radius 1 is 1.03 bits per heavy atom. The zero-order valence-corrected chi connectivity index (χ0v) is 18.3. The first-order valence-electron chi connectivity index (χ1n) is 11.0. The highest BCUT2D eigenvalue weighted by molar-refractivity contribution is 5.58. The van der Waals surface area contributed by atoms with Crippen LogP contribution in [0.1, 0.15) is 30.8 Å². The highest BCUT2D eigenvalue weighted by atomic mass is 16.5. The van der Waals surface area contributed by atoms with Gasteiger partial charge >= 0.3 is 5.69 Å². The van der Waals surface area contributed by atoms with Crippen LogP contribution >= 0.6 is 0 Å². The van der Waals surface area contributed by atoms with Gasteiger partial charge in [0, 0.05) is 39.1 Å². The standard InChI is InChI=1S/C24H31N5O2/c1-3-20(19-9-5-4-6-10-19)29-23(25-26-24(29)30)13-14-27-15-17-28(18-16-27)21-11-7-8-12-22(21)31-2/h4-12,20H,3,13-18H2,1-2H3,(H,26,30). The third kappa shape index (κ3) is 4.66. The summed E-state index contributed by atoms with van der Waals surface area (Å²) >= 11 is 0. The summed E-state index contributed by atoms with van der Waals surface area (Å²) in [6.07, 6.45) is 1.59. The lowest BCUT2D eigenvalue weighted by Gasteiger charge is -2.36. The van der Waals surface area contributed by atoms with Crippen LogP contribution in [0.3, 0.4) is 0 Å². The van der Waals surface area contributed by atoms with E-state index in [1.165, 1.54) is 0 Å². The fraction of sp³-hybridized carbons (Fsp3) is 0.417. The summed E-state index contributed by atoms with van der Waals surface area (Å²) in [5.41, 5.74) is 2.16. The van der Waals surface area contributed by atoms with Crippen LogP contribution in [-0.2, 0) is 6.42 Å². The smallest absolute Gasteiger partial charge is 0.343 e. The van der Waals surface area contributed by atoms with Gasteiger partial charge in [-0.25, -0.2) is 9.89 Å². The van der Waals surface area contributed by atoms with Crippen molar-refractivity contribution < 1.29 is 4.74 Å². The second-order valence-electron chi connectivity index (χ2n) is 7.90. The first-order valence-corrected chi connectivity index (χ1v) is 11.0. The Morgan fingerprint density at radius 3 is 2.45 bits per heavy atom. The van der Waals surface area contributed by atoms with Crippen LogP contribution in [0, 0.1) is 0 Å². The number of hydrogen-bond donors (Lipinski definition) is 1. The lowest BCUT2D eigenvalue weighted by molar-refractivity contribution is 0.257. The second-order valence-corrected chi connectivity index (χ2v) is 7.90. The van der Waals surface area contributed by atoms with Gasteiger partial charge in [-0.2, -0.15) is 5.10 Å². The number of nitrogens with zero attached hydrogens (tertiary/aromatic N) is 4. The number of methoxy groups -OCH3 is 1. The van der Waals surface area contributed by atoms with Crippen molar-refractivity contribution in [2.45, 2.75) is 25.8 Å². The predicted molar refractivity (Wildman–Crippen MR) is 123 cm³/mol. The van der Waals surface area contributed by atoms with Crippen LogP contribution in [0.5, 0.6) is 5.75 Å². The number of anilines is 1. The van der Waals surface area contributed by atoms with Crippen molar-refractivity contribution in [2.24, 2.45) is 0 Å². The van der Waals surface area contributed by atoms with Crippen molar-refractivity contribution in [1.82, 2.24) is 19.7 Å². The van der Waals surface area contributed by atoms with Crippen molar-refractivity contribution >= 4 is 5.69 Å². The lowest BCUT2D eigenvalue weighted by atomic mass is 10.0. The van der Waals surface area contributed by atoms with E-state index in [9.17, 15) is 4.79 Å². The summed E-state index contributed by atoms with van der Waals surface area (Å²) in [5.74, 6) is 1.75. The number of ether oxygens (including phenoxy) is 1. The zero-order chi connectivity index (χ0) is 21.6. The van der Waals surface area contributed by atoms with Gasteiger partial charge in [0.2, 0.25) is 0 Å². The van der Waals surface area contributed by atoms with Gasteiger partial charge in [-0.05, 0) is 24.1 Å². The van der Waals surface area contributed by atoms with E-state index in [0.29, 0.717) is 0 Å². The number of nitrogens with one attached hydrogen (secondary N) is 1. The van der Waals surface area contributed by atoms with Crippen LogP contribution in [-0.4, -0.2) is 59.5 Å². The molecule has 1 N–H and O–H groups in total. The number of rotatable bonds is 8. The zero-order valence-electron chi connectivity index (χ0n) is 18.3. The average molecular weight is 422 g/mol. The number of H-pyrrole nitrogens is 1. The van der Waals surface area contributed by atoms with Gasteiger partial charge in [0.25, 0.3) is 0 Å². The minimum atomic E-state index is -0.133. The minimum Gasteiger partial charge on any atom is -0.495 e. The number of hydrogen-bond acceptors (Lipinski definition) is 5. The van der Waals surface area contributed by atoms with Crippen molar-refractivity contribution in [3.63, 3.8) is 0 Å². The first kappa shape index (κ1) is 21.2. The summed E-state index contributed by atoms with van der Waals surface area (Å²) < 4.78 is 7.35. The van der Waals surface area contributed by atoms with Gasteiger partial charge in [0.1, 0.15) is 11.6 Å². The molecule has 1 saturated heterocycles. The van der Waals surface area contributed by atoms with E-state index >= 15 is 0 Å². The topological polar surface area (TPSA) is 66.4 Å². The highest BCUT2D eigenvalue weighted by Crippen LogP contribution is 2.28. The van der Waals surface area contributed by atoms with Gasteiger partial charge < -0.3 is 9.64 Å². The first-order chi connectivity index (χ1) is 15.2. The fourth-order valence-electron chi connectivity index (χ4n) is 4.44. The average Bonchev–Trinajstić information content (AvgIpc) is 3.19. The number of piperazine rings is 1. The molecule has 1 aliphatic rings. The molecule has 164 valence electrons. The Bertz CT molecular complexity index is 1020. The number of aromatic amines is 1. The third-order valence-corrected chi connectivity index (χ3v) is 6.11. The summed E-state index contributed by atoms with van der Waals surface area (Å²) in [5, 5.41) is 7.02. The van der Waals surface area contributed by atoms with E-state index in [4.69, 9.17) is 4.74 Å². The molecule has 0 saturated carbocycles. The number of para-hydroxylation sites is 2. The molecule has 1 aromatic heterocycles. The Balaban J connectivity index is 1.39. The third-order valence-electron chi connectivity index (χ3n) is 6.11. The molecule has 1 fully saturated rings. The summed E-state index contributed by atoms with van der Waals surface area (Å²) in [4.78, 5) is 17.4. The summed E-state index contributed by atoms with van der Waals surface area (Å²) in [7, 11) is 1.72. The van der Waals surface area contributed by atoms with E-state index in [0.717, 1.165) is 68.4 Å². The van der Waals surface area contributed by atoms with Crippen LogP contribution in [0.15, 0.2) is 59.4 Å². The molecule has 0 aliphatic carbocycles. The Hall–Kier alpha value is -3.06. The maximum absolute atomic E-state index is 12.5. The predicted octanol–water partition coefficient (Wildman–Crippen LogP) is 2.94. The number of benzene rings is 2. The van der Waals surface area contributed by atoms with E-state index < -0.39 is 0 Å². The SMILES string of the molecule is CCC(c1ccccc1)n1c(CCN2CCN(c3ccccc3OC)CC2)n[nH]c1=O. The monoisotopic (exact) mass is 421 g/mol. The molecule has 4 rings (SSSR count). The molecule has 2 aromatic carbocycles. The summed E-state index contributed by atoms with van der Waals surface area (Å²) in [6, 6.07) is 18.4. The minimum absolute atomic E-state index is 0.00448. The maximum Gasteiger partial charge on any atom is 0.343 e. The lowest BCUT2D eigenvalue weighted by Crippen LogP contribution is -2.47. The maximum atomic E-state index is 12.5. The van der Waals surface area contributed by atoms with Crippen LogP contribution < -0.4 is 15.3 Å². The largest absolute Gasteiger partial charge is 0.495 e. The molecule has 1 unspecified atom stereocenters. The molecular weight excluding hydrogens is 390 g/mol. The van der Waals surface area contributed by atoms with Gasteiger partial charge in [0.15, 0.2) is 0 Å². The molecule has 1 atom stereocenters. The molecule has 0 amide bonds. The summed E-state index contributed by atoms with van der Waals surface area (Å²) in [6.45, 7) is 6.85. The van der Waals surface area contributed by atoms with E-state index in [-0.39, 0.29) is 11.7 Å². The highest BCUT2D eigenvalue weighted by Gasteiger charge is 2.22.